The monoisotopic (exact) mass is 390 g/mol. The molecule has 5 nitrogen and oxygen atoms in total. The summed E-state index contributed by atoms with van der Waals surface area (Å²) >= 11 is 0. The number of nitrogens with one attached hydrogen (secondary N) is 2. The first-order valence-corrected chi connectivity index (χ1v) is 10.2. The molecule has 0 saturated carbocycles. The van der Waals surface area contributed by atoms with Gasteiger partial charge in [-0.3, -0.25) is 4.79 Å². The van der Waals surface area contributed by atoms with E-state index in [1.807, 2.05) is 36.5 Å². The fourth-order valence-corrected chi connectivity index (χ4v) is 4.18. The predicted molar refractivity (Wildman–Crippen MR) is 113 cm³/mol. The van der Waals surface area contributed by atoms with Gasteiger partial charge >= 0.3 is 5.97 Å². The van der Waals surface area contributed by atoms with Gasteiger partial charge in [0, 0.05) is 23.5 Å². The molecular formula is C24H26N2O3. The molecule has 1 unspecified atom stereocenters. The van der Waals surface area contributed by atoms with Crippen LogP contribution in [0.3, 0.4) is 0 Å². The van der Waals surface area contributed by atoms with Crippen LogP contribution in [0.25, 0.3) is 10.9 Å². The van der Waals surface area contributed by atoms with E-state index >= 15 is 0 Å². The van der Waals surface area contributed by atoms with Crippen molar-refractivity contribution in [2.45, 2.75) is 44.6 Å². The highest BCUT2D eigenvalue weighted by Gasteiger charge is 2.23. The van der Waals surface area contributed by atoms with Gasteiger partial charge < -0.3 is 15.0 Å². The summed E-state index contributed by atoms with van der Waals surface area (Å²) in [4.78, 5) is 28.2. The molecule has 1 atom stereocenters. The van der Waals surface area contributed by atoms with Crippen molar-refractivity contribution in [3.05, 3.63) is 70.9 Å². The van der Waals surface area contributed by atoms with Crippen molar-refractivity contribution >= 4 is 22.8 Å². The number of carbonyl (C=O) groups excluding carboxylic acids is 2. The van der Waals surface area contributed by atoms with E-state index in [9.17, 15) is 9.59 Å². The molecule has 2 aromatic carbocycles. The Morgan fingerprint density at radius 1 is 1.10 bits per heavy atom. The van der Waals surface area contributed by atoms with E-state index < -0.39 is 12.0 Å². The normalized spacial score (nSPS) is 14.2. The first-order valence-electron chi connectivity index (χ1n) is 10.2. The maximum Gasteiger partial charge on any atom is 0.328 e. The molecule has 0 radical (unpaired) electrons. The minimum atomic E-state index is -0.718. The van der Waals surface area contributed by atoms with Gasteiger partial charge in [0.1, 0.15) is 6.04 Å². The van der Waals surface area contributed by atoms with Crippen LogP contribution in [0.5, 0.6) is 0 Å². The predicted octanol–water partition coefficient (Wildman–Crippen LogP) is 3.49. The molecule has 3 aromatic rings. The van der Waals surface area contributed by atoms with E-state index in [1.54, 1.807) is 0 Å². The van der Waals surface area contributed by atoms with E-state index in [2.05, 4.69) is 22.4 Å². The van der Waals surface area contributed by atoms with Crippen LogP contribution in [0.4, 0.5) is 0 Å². The highest BCUT2D eigenvalue weighted by molar-refractivity contribution is 5.88. The number of benzene rings is 2. The number of aromatic nitrogens is 1. The summed E-state index contributed by atoms with van der Waals surface area (Å²) < 4.78 is 4.93. The molecule has 0 saturated heterocycles. The Labute approximate surface area is 170 Å². The standard InChI is InChI=1S/C24H26N2O3/c1-29-24(28)22(14-19-15-25-21-9-5-4-8-20(19)21)26-23(27)13-16-10-11-17-6-2-3-7-18(17)12-16/h4-5,8-12,15,22,25H,2-3,6-7,13-14H2,1H3,(H,26,27). The van der Waals surface area contributed by atoms with Crippen molar-refractivity contribution in [3.63, 3.8) is 0 Å². The lowest BCUT2D eigenvalue weighted by molar-refractivity contribution is -0.145. The molecule has 0 aliphatic heterocycles. The number of H-pyrrole nitrogens is 1. The fraction of sp³-hybridized carbons (Fsp3) is 0.333. The van der Waals surface area contributed by atoms with Crippen LogP contribution in [0.1, 0.15) is 35.1 Å². The summed E-state index contributed by atoms with van der Waals surface area (Å²) in [6.45, 7) is 0. The Balaban J connectivity index is 1.46. The number of carbonyl (C=O) groups is 2. The van der Waals surface area contributed by atoms with Crippen LogP contribution in [-0.4, -0.2) is 30.0 Å². The van der Waals surface area contributed by atoms with Gasteiger partial charge in [-0.25, -0.2) is 4.79 Å². The zero-order valence-corrected chi connectivity index (χ0v) is 16.7. The van der Waals surface area contributed by atoms with E-state index in [-0.39, 0.29) is 12.3 Å². The molecule has 1 heterocycles. The Bertz CT molecular complexity index is 1040. The smallest absolute Gasteiger partial charge is 0.328 e. The molecular weight excluding hydrogens is 364 g/mol. The van der Waals surface area contributed by atoms with Crippen molar-refractivity contribution < 1.29 is 14.3 Å². The van der Waals surface area contributed by atoms with Crippen molar-refractivity contribution in [2.75, 3.05) is 7.11 Å². The molecule has 29 heavy (non-hydrogen) atoms. The maximum absolute atomic E-state index is 12.7. The second kappa shape index (κ2) is 8.52. The molecule has 1 aromatic heterocycles. The molecule has 0 fully saturated rings. The largest absolute Gasteiger partial charge is 0.467 e. The highest BCUT2D eigenvalue weighted by atomic mass is 16.5. The second-order valence-corrected chi connectivity index (χ2v) is 7.69. The second-order valence-electron chi connectivity index (χ2n) is 7.69. The van der Waals surface area contributed by atoms with Crippen LogP contribution in [0.15, 0.2) is 48.7 Å². The first kappa shape index (κ1) is 19.2. The summed E-state index contributed by atoms with van der Waals surface area (Å²) in [6.07, 6.45) is 7.17. The number of amides is 1. The molecule has 5 heteroatoms. The third-order valence-corrected chi connectivity index (χ3v) is 5.70. The SMILES string of the molecule is COC(=O)C(Cc1c[nH]c2ccccc12)NC(=O)Cc1ccc2c(c1)CCCC2. The van der Waals surface area contributed by atoms with Gasteiger partial charge in [-0.15, -0.1) is 0 Å². The van der Waals surface area contributed by atoms with E-state index in [1.165, 1.54) is 31.1 Å². The molecule has 150 valence electrons. The minimum absolute atomic E-state index is 0.170. The van der Waals surface area contributed by atoms with E-state index in [0.717, 1.165) is 34.9 Å². The number of para-hydroxylation sites is 1. The van der Waals surface area contributed by atoms with Crippen molar-refractivity contribution in [1.29, 1.82) is 0 Å². The molecule has 4 rings (SSSR count). The number of hydrogen-bond donors (Lipinski definition) is 2. The zero-order valence-electron chi connectivity index (χ0n) is 16.7. The summed E-state index contributed by atoms with van der Waals surface area (Å²) in [7, 11) is 1.35. The van der Waals surface area contributed by atoms with Crippen LogP contribution < -0.4 is 5.32 Å². The molecule has 0 spiro atoms. The van der Waals surface area contributed by atoms with Crippen LogP contribution in [-0.2, 0) is 40.0 Å². The topological polar surface area (TPSA) is 71.2 Å². The van der Waals surface area contributed by atoms with Crippen molar-refractivity contribution in [3.8, 4) is 0 Å². The molecule has 1 amide bonds. The van der Waals surface area contributed by atoms with Gasteiger partial charge in [-0.1, -0.05) is 36.4 Å². The average Bonchev–Trinajstić information content (AvgIpc) is 3.15. The van der Waals surface area contributed by atoms with Gasteiger partial charge in [0.25, 0.3) is 0 Å². The number of rotatable bonds is 6. The summed E-state index contributed by atoms with van der Waals surface area (Å²) in [5.74, 6) is -0.606. The van der Waals surface area contributed by atoms with E-state index in [4.69, 9.17) is 4.74 Å². The molecule has 1 aliphatic rings. The quantitative estimate of drug-likeness (QED) is 0.633. The van der Waals surface area contributed by atoms with Gasteiger partial charge in [-0.05, 0) is 54.0 Å². The Kier molecular flexibility index (Phi) is 5.65. The Morgan fingerprint density at radius 3 is 2.72 bits per heavy atom. The Morgan fingerprint density at radius 2 is 1.90 bits per heavy atom. The minimum Gasteiger partial charge on any atom is -0.467 e. The number of ether oxygens (including phenoxy) is 1. The number of fused-ring (bicyclic) bond motifs is 2. The van der Waals surface area contributed by atoms with E-state index in [0.29, 0.717) is 6.42 Å². The van der Waals surface area contributed by atoms with Crippen molar-refractivity contribution in [2.24, 2.45) is 0 Å². The maximum atomic E-state index is 12.7. The van der Waals surface area contributed by atoms with Crippen LogP contribution in [0.2, 0.25) is 0 Å². The highest BCUT2D eigenvalue weighted by Crippen LogP contribution is 2.23. The average molecular weight is 390 g/mol. The van der Waals surface area contributed by atoms with Crippen LogP contribution in [0, 0.1) is 0 Å². The Hall–Kier alpha value is -3.08. The molecule has 2 N–H and O–H groups in total. The third kappa shape index (κ3) is 4.34. The zero-order chi connectivity index (χ0) is 20.2. The summed E-state index contributed by atoms with van der Waals surface area (Å²) in [5, 5.41) is 3.92. The lowest BCUT2D eigenvalue weighted by atomic mass is 9.90. The lowest BCUT2D eigenvalue weighted by Crippen LogP contribution is -2.43. The first-order chi connectivity index (χ1) is 14.1. The number of hydrogen-bond acceptors (Lipinski definition) is 3. The van der Waals surface area contributed by atoms with Crippen molar-refractivity contribution in [1.82, 2.24) is 10.3 Å². The van der Waals surface area contributed by atoms with Crippen LogP contribution >= 0.6 is 0 Å². The number of aromatic amines is 1. The summed E-state index contributed by atoms with van der Waals surface area (Å²) in [6, 6.07) is 13.5. The number of esters is 1. The fourth-order valence-electron chi connectivity index (χ4n) is 4.18. The van der Waals surface area contributed by atoms with Gasteiger partial charge in [0.2, 0.25) is 5.91 Å². The van der Waals surface area contributed by atoms with Gasteiger partial charge in [0.15, 0.2) is 0 Å². The van der Waals surface area contributed by atoms with Gasteiger partial charge in [-0.2, -0.15) is 0 Å². The number of aryl methyl sites for hydroxylation is 2. The molecule has 1 aliphatic carbocycles. The molecule has 0 bridgehead atoms. The third-order valence-electron chi connectivity index (χ3n) is 5.70. The summed E-state index contributed by atoms with van der Waals surface area (Å²) in [5.41, 5.74) is 5.72. The number of methoxy groups -OCH3 is 1. The lowest BCUT2D eigenvalue weighted by Gasteiger charge is -2.18. The van der Waals surface area contributed by atoms with Gasteiger partial charge in [0.05, 0.1) is 13.5 Å².